The topological polar surface area (TPSA) is 29.1 Å². The van der Waals surface area contributed by atoms with Crippen molar-refractivity contribution in [3.05, 3.63) is 29.6 Å². The first-order valence-corrected chi connectivity index (χ1v) is 5.09. The van der Waals surface area contributed by atoms with E-state index in [1.54, 1.807) is 26.0 Å². The second kappa shape index (κ2) is 5.49. The maximum absolute atomic E-state index is 12.9. The minimum absolute atomic E-state index is 0.190. The van der Waals surface area contributed by atoms with E-state index in [1.165, 1.54) is 6.07 Å². The Morgan fingerprint density at radius 1 is 1.47 bits per heavy atom. The van der Waals surface area contributed by atoms with Gasteiger partial charge in [-0.2, -0.15) is 0 Å². The molecular formula is C12H16FNO. The van der Waals surface area contributed by atoms with Crippen LogP contribution in [0.25, 0.3) is 0 Å². The Bertz CT molecular complexity index is 349. The molecule has 0 fully saturated rings. The number of anilines is 1. The van der Waals surface area contributed by atoms with Crippen molar-refractivity contribution in [2.45, 2.75) is 26.7 Å². The molecule has 0 aliphatic rings. The fourth-order valence-corrected chi connectivity index (χ4v) is 1.32. The Kier molecular flexibility index (Phi) is 4.28. The molecule has 0 aliphatic heterocycles. The van der Waals surface area contributed by atoms with E-state index in [0.717, 1.165) is 18.7 Å². The van der Waals surface area contributed by atoms with Gasteiger partial charge in [0.2, 0.25) is 0 Å². The molecule has 0 aliphatic carbocycles. The average Bonchev–Trinajstić information content (AvgIpc) is 2.18. The molecule has 0 atom stereocenters. The van der Waals surface area contributed by atoms with Crippen molar-refractivity contribution in [2.24, 2.45) is 0 Å². The Morgan fingerprint density at radius 2 is 2.20 bits per heavy atom. The number of nitrogens with one attached hydrogen (secondary N) is 1. The number of carbonyl (C=O) groups excluding carboxylic acids is 1. The number of ketones is 1. The van der Waals surface area contributed by atoms with Crippen LogP contribution in [-0.4, -0.2) is 12.3 Å². The van der Waals surface area contributed by atoms with Crippen LogP contribution in [0.5, 0.6) is 0 Å². The second-order valence-electron chi connectivity index (χ2n) is 3.70. The van der Waals surface area contributed by atoms with Gasteiger partial charge in [-0.05, 0) is 44.0 Å². The van der Waals surface area contributed by atoms with E-state index in [0.29, 0.717) is 12.0 Å². The number of Topliss-reactive ketones (excluding diaryl/α,β-unsaturated/α-hetero) is 1. The molecule has 15 heavy (non-hydrogen) atoms. The van der Waals surface area contributed by atoms with Crippen LogP contribution in [0, 0.1) is 12.7 Å². The number of benzene rings is 1. The molecule has 0 unspecified atom stereocenters. The number of aryl methyl sites for hydroxylation is 1. The van der Waals surface area contributed by atoms with Gasteiger partial charge in [-0.3, -0.25) is 0 Å². The fraction of sp³-hybridized carbons (Fsp3) is 0.417. The highest BCUT2D eigenvalue weighted by Gasteiger charge is 1.98. The monoisotopic (exact) mass is 209 g/mol. The van der Waals surface area contributed by atoms with Crippen molar-refractivity contribution in [3.8, 4) is 0 Å². The summed E-state index contributed by atoms with van der Waals surface area (Å²) in [5.74, 6) is 0.0105. The third-order valence-corrected chi connectivity index (χ3v) is 2.19. The van der Waals surface area contributed by atoms with Crippen molar-refractivity contribution < 1.29 is 9.18 Å². The standard InChI is InChI=1S/C12H16FNO/c1-9-8-11(5-6-12(9)13)14-7-3-4-10(2)15/h5-6,8,14H,3-4,7H2,1-2H3. The molecular weight excluding hydrogens is 193 g/mol. The van der Waals surface area contributed by atoms with Crippen LogP contribution in [0.15, 0.2) is 18.2 Å². The van der Waals surface area contributed by atoms with Crippen LogP contribution in [0.3, 0.4) is 0 Å². The molecule has 82 valence electrons. The molecule has 3 heteroatoms. The number of hydrogen-bond donors (Lipinski definition) is 1. The van der Waals surface area contributed by atoms with Crippen LogP contribution in [0.1, 0.15) is 25.3 Å². The maximum atomic E-state index is 12.9. The molecule has 0 radical (unpaired) electrons. The normalized spacial score (nSPS) is 10.1. The molecule has 0 amide bonds. The molecule has 0 spiro atoms. The molecule has 0 saturated carbocycles. The maximum Gasteiger partial charge on any atom is 0.129 e. The number of halogens is 1. The SMILES string of the molecule is CC(=O)CCCNc1ccc(F)c(C)c1. The van der Waals surface area contributed by atoms with Crippen LogP contribution >= 0.6 is 0 Å². The summed E-state index contributed by atoms with van der Waals surface area (Å²) in [5, 5.41) is 3.15. The highest BCUT2D eigenvalue weighted by molar-refractivity contribution is 5.75. The van der Waals surface area contributed by atoms with Gasteiger partial charge < -0.3 is 10.1 Å². The van der Waals surface area contributed by atoms with Gasteiger partial charge in [0.1, 0.15) is 11.6 Å². The third kappa shape index (κ3) is 4.11. The first-order valence-electron chi connectivity index (χ1n) is 5.09. The molecule has 1 aromatic rings. The minimum Gasteiger partial charge on any atom is -0.385 e. The van der Waals surface area contributed by atoms with E-state index in [9.17, 15) is 9.18 Å². The Hall–Kier alpha value is -1.38. The van der Waals surface area contributed by atoms with Gasteiger partial charge in [0.05, 0.1) is 0 Å². The van der Waals surface area contributed by atoms with Crippen LogP contribution < -0.4 is 5.32 Å². The summed E-state index contributed by atoms with van der Waals surface area (Å²) >= 11 is 0. The highest BCUT2D eigenvalue weighted by atomic mass is 19.1. The zero-order valence-corrected chi connectivity index (χ0v) is 9.14. The van der Waals surface area contributed by atoms with Gasteiger partial charge in [-0.15, -0.1) is 0 Å². The Morgan fingerprint density at radius 3 is 2.80 bits per heavy atom. The molecule has 0 bridgehead atoms. The predicted octanol–water partition coefficient (Wildman–Crippen LogP) is 2.92. The summed E-state index contributed by atoms with van der Waals surface area (Å²) < 4.78 is 12.9. The van der Waals surface area contributed by atoms with E-state index in [2.05, 4.69) is 5.32 Å². The summed E-state index contributed by atoms with van der Waals surface area (Å²) in [4.78, 5) is 10.7. The van der Waals surface area contributed by atoms with Crippen LogP contribution in [-0.2, 0) is 4.79 Å². The zero-order valence-electron chi connectivity index (χ0n) is 9.14. The lowest BCUT2D eigenvalue weighted by Gasteiger charge is -2.06. The summed E-state index contributed by atoms with van der Waals surface area (Å²) in [6, 6.07) is 4.92. The van der Waals surface area contributed by atoms with Gasteiger partial charge >= 0.3 is 0 Å². The molecule has 0 saturated heterocycles. The zero-order chi connectivity index (χ0) is 11.3. The van der Waals surface area contributed by atoms with E-state index in [-0.39, 0.29) is 11.6 Å². The third-order valence-electron chi connectivity index (χ3n) is 2.19. The first-order chi connectivity index (χ1) is 7.09. The van der Waals surface area contributed by atoms with E-state index in [1.807, 2.05) is 0 Å². The largest absolute Gasteiger partial charge is 0.385 e. The number of rotatable bonds is 5. The van der Waals surface area contributed by atoms with E-state index >= 15 is 0 Å². The second-order valence-corrected chi connectivity index (χ2v) is 3.70. The van der Waals surface area contributed by atoms with E-state index < -0.39 is 0 Å². The highest BCUT2D eigenvalue weighted by Crippen LogP contribution is 2.13. The molecule has 1 N–H and O–H groups in total. The summed E-state index contributed by atoms with van der Waals surface area (Å²) in [6.07, 6.45) is 1.40. The van der Waals surface area contributed by atoms with Gasteiger partial charge in [-0.25, -0.2) is 4.39 Å². The van der Waals surface area contributed by atoms with Crippen molar-refractivity contribution >= 4 is 11.5 Å². The van der Waals surface area contributed by atoms with Crippen molar-refractivity contribution in [1.29, 1.82) is 0 Å². The Balaban J connectivity index is 2.38. The van der Waals surface area contributed by atoms with Crippen molar-refractivity contribution in [1.82, 2.24) is 0 Å². The minimum atomic E-state index is -0.190. The quantitative estimate of drug-likeness (QED) is 0.755. The molecule has 1 aromatic carbocycles. The summed E-state index contributed by atoms with van der Waals surface area (Å²) in [5.41, 5.74) is 1.53. The van der Waals surface area contributed by atoms with Crippen molar-refractivity contribution in [2.75, 3.05) is 11.9 Å². The number of hydrogen-bond acceptors (Lipinski definition) is 2. The van der Waals surface area contributed by atoms with Gasteiger partial charge in [0.25, 0.3) is 0 Å². The molecule has 0 heterocycles. The van der Waals surface area contributed by atoms with Crippen LogP contribution in [0.4, 0.5) is 10.1 Å². The summed E-state index contributed by atoms with van der Waals surface area (Å²) in [7, 11) is 0. The van der Waals surface area contributed by atoms with E-state index in [4.69, 9.17) is 0 Å². The van der Waals surface area contributed by atoms with Crippen molar-refractivity contribution in [3.63, 3.8) is 0 Å². The average molecular weight is 209 g/mol. The fourth-order valence-electron chi connectivity index (χ4n) is 1.32. The van der Waals surface area contributed by atoms with Gasteiger partial charge in [0, 0.05) is 18.7 Å². The lowest BCUT2D eigenvalue weighted by atomic mass is 10.2. The smallest absolute Gasteiger partial charge is 0.129 e. The number of carbonyl (C=O) groups is 1. The predicted molar refractivity (Wildman–Crippen MR) is 59.5 cm³/mol. The summed E-state index contributed by atoms with van der Waals surface area (Å²) in [6.45, 7) is 4.06. The first kappa shape index (κ1) is 11.7. The Labute approximate surface area is 89.5 Å². The molecule has 0 aromatic heterocycles. The lowest BCUT2D eigenvalue weighted by Crippen LogP contribution is -2.04. The lowest BCUT2D eigenvalue weighted by molar-refractivity contribution is -0.117. The molecule has 1 rings (SSSR count). The molecule has 2 nitrogen and oxygen atoms in total. The van der Waals surface area contributed by atoms with Crippen LogP contribution in [0.2, 0.25) is 0 Å². The van der Waals surface area contributed by atoms with Gasteiger partial charge in [-0.1, -0.05) is 0 Å². The van der Waals surface area contributed by atoms with Gasteiger partial charge in [0.15, 0.2) is 0 Å².